The average molecular weight is 329 g/mol. The van der Waals surface area contributed by atoms with Gasteiger partial charge in [0.25, 0.3) is 0 Å². The molecule has 2 aromatic rings. The minimum atomic E-state index is -0.440. The van der Waals surface area contributed by atoms with E-state index in [-0.39, 0.29) is 5.91 Å². The van der Waals surface area contributed by atoms with Crippen molar-refractivity contribution < 1.29 is 14.3 Å². The van der Waals surface area contributed by atoms with Gasteiger partial charge in [0.2, 0.25) is 5.91 Å². The Kier molecular flexibility index (Phi) is 5.34. The zero-order valence-electron chi connectivity index (χ0n) is 13.6. The van der Waals surface area contributed by atoms with E-state index >= 15 is 0 Å². The van der Waals surface area contributed by atoms with Crippen molar-refractivity contribution in [3.05, 3.63) is 57.5 Å². The van der Waals surface area contributed by atoms with Crippen molar-refractivity contribution in [1.29, 1.82) is 0 Å². The molecule has 1 aromatic heterocycles. The van der Waals surface area contributed by atoms with Crippen molar-refractivity contribution in [2.24, 2.45) is 0 Å². The molecule has 5 heteroatoms. The smallest absolute Gasteiger partial charge is 0.341 e. The van der Waals surface area contributed by atoms with E-state index in [9.17, 15) is 9.59 Å². The first-order valence-electron chi connectivity index (χ1n) is 7.16. The molecule has 120 valence electrons. The molecule has 0 bridgehead atoms. The lowest BCUT2D eigenvalue weighted by Crippen LogP contribution is -2.11. The number of benzene rings is 1. The second-order valence-electron chi connectivity index (χ2n) is 5.21. The number of aryl methyl sites for hydroxylation is 2. The van der Waals surface area contributed by atoms with Gasteiger partial charge in [-0.2, -0.15) is 0 Å². The van der Waals surface area contributed by atoms with Crippen LogP contribution in [0.25, 0.3) is 6.08 Å². The number of hydrogen-bond acceptors (Lipinski definition) is 4. The lowest BCUT2D eigenvalue weighted by atomic mass is 10.1. The van der Waals surface area contributed by atoms with E-state index in [1.807, 2.05) is 45.0 Å². The number of carbonyl (C=O) groups is 2. The van der Waals surface area contributed by atoms with Crippen LogP contribution in [0.4, 0.5) is 5.00 Å². The van der Waals surface area contributed by atoms with E-state index in [0.29, 0.717) is 10.6 Å². The van der Waals surface area contributed by atoms with Gasteiger partial charge in [0.1, 0.15) is 5.00 Å². The highest BCUT2D eigenvalue weighted by atomic mass is 32.1. The molecule has 0 aliphatic carbocycles. The van der Waals surface area contributed by atoms with Gasteiger partial charge < -0.3 is 10.1 Å². The number of nitrogens with one attached hydrogen (secondary N) is 1. The van der Waals surface area contributed by atoms with Gasteiger partial charge in [0.15, 0.2) is 0 Å². The maximum absolute atomic E-state index is 12.1. The number of thiophene rings is 1. The summed E-state index contributed by atoms with van der Waals surface area (Å²) >= 11 is 1.37. The molecule has 0 spiro atoms. The van der Waals surface area contributed by atoms with Crippen LogP contribution in [0.5, 0.6) is 0 Å². The SMILES string of the molecule is COC(=O)c1c(NC(=O)C=Cc2ccc(C)cc2)sc(C)c1C. The van der Waals surface area contributed by atoms with Gasteiger partial charge >= 0.3 is 5.97 Å². The molecule has 1 aromatic carbocycles. The Hall–Kier alpha value is -2.40. The summed E-state index contributed by atoms with van der Waals surface area (Å²) in [6, 6.07) is 7.86. The first-order valence-corrected chi connectivity index (χ1v) is 7.98. The summed E-state index contributed by atoms with van der Waals surface area (Å²) in [5.74, 6) is -0.721. The summed E-state index contributed by atoms with van der Waals surface area (Å²) in [6.07, 6.45) is 3.19. The van der Waals surface area contributed by atoms with E-state index in [2.05, 4.69) is 5.32 Å². The number of rotatable bonds is 4. The number of carbonyl (C=O) groups excluding carboxylic acids is 2. The molecule has 0 aliphatic heterocycles. The van der Waals surface area contributed by atoms with Gasteiger partial charge in [-0.1, -0.05) is 29.8 Å². The van der Waals surface area contributed by atoms with Gasteiger partial charge in [-0.15, -0.1) is 11.3 Å². The summed E-state index contributed by atoms with van der Waals surface area (Å²) in [4.78, 5) is 24.9. The minimum Gasteiger partial charge on any atom is -0.465 e. The van der Waals surface area contributed by atoms with E-state index in [1.165, 1.54) is 30.1 Å². The molecule has 23 heavy (non-hydrogen) atoms. The lowest BCUT2D eigenvalue weighted by Gasteiger charge is -2.04. The maximum Gasteiger partial charge on any atom is 0.341 e. The Morgan fingerprint density at radius 1 is 1.13 bits per heavy atom. The van der Waals surface area contributed by atoms with Gasteiger partial charge in [-0.25, -0.2) is 4.79 Å². The van der Waals surface area contributed by atoms with Crippen molar-refractivity contribution >= 4 is 34.3 Å². The Morgan fingerprint density at radius 2 is 1.78 bits per heavy atom. The van der Waals surface area contributed by atoms with Crippen molar-refractivity contribution in [3.8, 4) is 0 Å². The van der Waals surface area contributed by atoms with Gasteiger partial charge in [-0.3, -0.25) is 4.79 Å². The second-order valence-corrected chi connectivity index (χ2v) is 6.44. The lowest BCUT2D eigenvalue weighted by molar-refractivity contribution is -0.111. The Bertz CT molecular complexity index is 757. The maximum atomic E-state index is 12.1. The monoisotopic (exact) mass is 329 g/mol. The molecule has 0 fully saturated rings. The molecule has 4 nitrogen and oxygen atoms in total. The standard InChI is InChI=1S/C18H19NO3S/c1-11-5-7-14(8-6-11)9-10-15(20)19-17-16(18(21)22-4)12(2)13(3)23-17/h5-10H,1-4H3,(H,19,20). The molecular weight excluding hydrogens is 310 g/mol. The molecule has 1 heterocycles. The number of esters is 1. The summed E-state index contributed by atoms with van der Waals surface area (Å²) in [7, 11) is 1.33. The topological polar surface area (TPSA) is 55.4 Å². The molecule has 1 amide bonds. The summed E-state index contributed by atoms with van der Waals surface area (Å²) in [5.41, 5.74) is 3.36. The average Bonchev–Trinajstić information content (AvgIpc) is 2.80. The number of hydrogen-bond donors (Lipinski definition) is 1. The summed E-state index contributed by atoms with van der Waals surface area (Å²) < 4.78 is 4.79. The third kappa shape index (κ3) is 4.07. The fraction of sp³-hybridized carbons (Fsp3) is 0.222. The van der Waals surface area contributed by atoms with E-state index in [0.717, 1.165) is 16.0 Å². The number of ether oxygens (including phenoxy) is 1. The molecular formula is C18H19NO3S. The van der Waals surface area contributed by atoms with E-state index < -0.39 is 5.97 Å². The molecule has 0 saturated heterocycles. The highest BCUT2D eigenvalue weighted by Gasteiger charge is 2.20. The Morgan fingerprint density at radius 3 is 2.39 bits per heavy atom. The zero-order valence-corrected chi connectivity index (χ0v) is 14.4. The predicted molar refractivity (Wildman–Crippen MR) is 94.0 cm³/mol. The fourth-order valence-corrected chi connectivity index (χ4v) is 3.12. The normalized spacial score (nSPS) is 10.8. The van der Waals surface area contributed by atoms with Crippen molar-refractivity contribution in [2.75, 3.05) is 12.4 Å². The first kappa shape index (κ1) is 17.0. The van der Waals surface area contributed by atoms with Crippen molar-refractivity contribution in [2.45, 2.75) is 20.8 Å². The van der Waals surface area contributed by atoms with E-state index in [4.69, 9.17) is 4.74 Å². The molecule has 2 rings (SSSR count). The molecule has 0 saturated carbocycles. The van der Waals surface area contributed by atoms with Crippen LogP contribution in [0.3, 0.4) is 0 Å². The van der Waals surface area contributed by atoms with Crippen LogP contribution in [-0.4, -0.2) is 19.0 Å². The number of anilines is 1. The van der Waals surface area contributed by atoms with Crippen molar-refractivity contribution in [1.82, 2.24) is 0 Å². The van der Waals surface area contributed by atoms with Gasteiger partial charge in [-0.05, 0) is 38.0 Å². The highest BCUT2D eigenvalue weighted by molar-refractivity contribution is 7.16. The third-order valence-corrected chi connectivity index (χ3v) is 4.64. The van der Waals surface area contributed by atoms with Crippen molar-refractivity contribution in [3.63, 3.8) is 0 Å². The molecule has 0 radical (unpaired) electrons. The quantitative estimate of drug-likeness (QED) is 0.678. The minimum absolute atomic E-state index is 0.281. The molecule has 0 atom stereocenters. The van der Waals surface area contributed by atoms with Crippen LogP contribution in [0.15, 0.2) is 30.3 Å². The van der Waals surface area contributed by atoms with Crippen LogP contribution >= 0.6 is 11.3 Å². The van der Waals surface area contributed by atoms with Crippen LogP contribution in [0.1, 0.15) is 31.9 Å². The van der Waals surface area contributed by atoms with Crippen LogP contribution < -0.4 is 5.32 Å². The third-order valence-electron chi connectivity index (χ3n) is 3.52. The predicted octanol–water partition coefficient (Wildman–Crippen LogP) is 4.11. The number of methoxy groups -OCH3 is 1. The summed E-state index contributed by atoms with van der Waals surface area (Å²) in [5, 5.41) is 3.28. The highest BCUT2D eigenvalue weighted by Crippen LogP contribution is 2.32. The Balaban J connectivity index is 2.16. The van der Waals surface area contributed by atoms with E-state index in [1.54, 1.807) is 6.08 Å². The zero-order chi connectivity index (χ0) is 17.0. The van der Waals surface area contributed by atoms with Crippen LogP contribution in [0.2, 0.25) is 0 Å². The van der Waals surface area contributed by atoms with Crippen LogP contribution in [-0.2, 0) is 9.53 Å². The van der Waals surface area contributed by atoms with Gasteiger partial charge in [0.05, 0.1) is 12.7 Å². The fourth-order valence-electron chi connectivity index (χ4n) is 2.07. The second kappa shape index (κ2) is 7.24. The summed E-state index contributed by atoms with van der Waals surface area (Å²) in [6.45, 7) is 5.76. The Labute approximate surface area is 139 Å². The molecule has 1 N–H and O–H groups in total. The first-order chi connectivity index (χ1) is 10.9. The largest absolute Gasteiger partial charge is 0.465 e. The van der Waals surface area contributed by atoms with Gasteiger partial charge in [0, 0.05) is 11.0 Å². The molecule has 0 aliphatic rings. The molecule has 0 unspecified atom stereocenters. The number of amides is 1. The van der Waals surface area contributed by atoms with Crippen LogP contribution in [0, 0.1) is 20.8 Å².